The molecule has 7 heteroatoms. The molecule has 0 saturated heterocycles. The molecule has 0 aliphatic rings. The van der Waals surface area contributed by atoms with E-state index in [1.807, 2.05) is 31.2 Å². The zero-order valence-corrected chi connectivity index (χ0v) is 12.2. The Bertz CT molecular complexity index is 698. The molecule has 1 heterocycles. The molecule has 2 rings (SSSR count). The Morgan fingerprint density at radius 1 is 1.36 bits per heavy atom. The van der Waals surface area contributed by atoms with Crippen molar-refractivity contribution < 1.29 is 14.5 Å². The topological polar surface area (TPSA) is 94.4 Å². The predicted octanol–water partition coefficient (Wildman–Crippen LogP) is 3.08. The van der Waals surface area contributed by atoms with E-state index >= 15 is 0 Å². The number of nitro groups is 1. The zero-order valence-electron chi connectivity index (χ0n) is 12.2. The number of anilines is 2. The fraction of sp³-hybridized carbons (Fsp3) is 0.200. The van der Waals surface area contributed by atoms with Crippen molar-refractivity contribution in [2.24, 2.45) is 0 Å². The van der Waals surface area contributed by atoms with E-state index in [0.717, 1.165) is 18.1 Å². The van der Waals surface area contributed by atoms with Crippen molar-refractivity contribution in [2.75, 3.05) is 12.4 Å². The van der Waals surface area contributed by atoms with Crippen LogP contribution in [0.2, 0.25) is 0 Å². The molecule has 0 fully saturated rings. The van der Waals surface area contributed by atoms with Gasteiger partial charge in [-0.25, -0.2) is 9.78 Å². The molecule has 1 aromatic carbocycles. The van der Waals surface area contributed by atoms with E-state index in [1.54, 1.807) is 0 Å². The van der Waals surface area contributed by atoms with Crippen LogP contribution in [0.3, 0.4) is 0 Å². The molecule has 0 unspecified atom stereocenters. The summed E-state index contributed by atoms with van der Waals surface area (Å²) in [5, 5.41) is 14.0. The van der Waals surface area contributed by atoms with E-state index in [1.165, 1.54) is 13.3 Å². The average molecular weight is 301 g/mol. The summed E-state index contributed by atoms with van der Waals surface area (Å²) in [4.78, 5) is 25.9. The highest BCUT2D eigenvalue weighted by atomic mass is 16.6. The smallest absolute Gasteiger partial charge is 0.339 e. The van der Waals surface area contributed by atoms with Crippen molar-refractivity contribution in [1.82, 2.24) is 4.98 Å². The Morgan fingerprint density at radius 2 is 2.05 bits per heavy atom. The summed E-state index contributed by atoms with van der Waals surface area (Å²) in [6, 6.07) is 8.63. The van der Waals surface area contributed by atoms with Crippen LogP contribution < -0.4 is 5.32 Å². The first-order chi connectivity index (χ1) is 10.5. The van der Waals surface area contributed by atoms with Gasteiger partial charge in [0.25, 0.3) is 0 Å². The Hall–Kier alpha value is -2.96. The van der Waals surface area contributed by atoms with Crippen LogP contribution >= 0.6 is 0 Å². The Labute approximate surface area is 127 Å². The van der Waals surface area contributed by atoms with E-state index < -0.39 is 10.9 Å². The molecule has 0 spiro atoms. The van der Waals surface area contributed by atoms with Gasteiger partial charge in [0.1, 0.15) is 0 Å². The summed E-state index contributed by atoms with van der Waals surface area (Å²) in [6.07, 6.45) is 2.15. The molecule has 0 radical (unpaired) electrons. The minimum Gasteiger partial charge on any atom is -0.465 e. The number of nitrogens with one attached hydrogen (secondary N) is 1. The molecule has 0 amide bonds. The number of esters is 1. The Balaban J connectivity index is 2.33. The lowest BCUT2D eigenvalue weighted by Gasteiger charge is -2.08. The van der Waals surface area contributed by atoms with Crippen molar-refractivity contribution >= 4 is 23.2 Å². The number of carbonyl (C=O) groups is 1. The first-order valence-corrected chi connectivity index (χ1v) is 6.64. The van der Waals surface area contributed by atoms with Crippen LogP contribution in [0.15, 0.2) is 36.5 Å². The summed E-state index contributed by atoms with van der Waals surface area (Å²) in [5.41, 5.74) is 1.58. The van der Waals surface area contributed by atoms with Gasteiger partial charge in [0.15, 0.2) is 0 Å². The predicted molar refractivity (Wildman–Crippen MR) is 81.3 cm³/mol. The molecule has 0 aliphatic heterocycles. The highest BCUT2D eigenvalue weighted by molar-refractivity contribution is 5.90. The number of aromatic nitrogens is 1. The first kappa shape index (κ1) is 15.4. The maximum absolute atomic E-state index is 11.4. The molecule has 2 aromatic rings. The van der Waals surface area contributed by atoms with Crippen molar-refractivity contribution in [3.63, 3.8) is 0 Å². The highest BCUT2D eigenvalue weighted by Gasteiger charge is 2.19. The van der Waals surface area contributed by atoms with E-state index in [9.17, 15) is 14.9 Å². The quantitative estimate of drug-likeness (QED) is 0.518. The molecule has 0 atom stereocenters. The summed E-state index contributed by atoms with van der Waals surface area (Å²) in [7, 11) is 1.20. The van der Waals surface area contributed by atoms with Crippen LogP contribution in [0.25, 0.3) is 0 Å². The van der Waals surface area contributed by atoms with Crippen molar-refractivity contribution in [3.8, 4) is 0 Å². The van der Waals surface area contributed by atoms with Gasteiger partial charge in [-0.15, -0.1) is 0 Å². The maximum atomic E-state index is 11.4. The number of aryl methyl sites for hydroxylation is 1. The first-order valence-electron chi connectivity index (χ1n) is 6.64. The Morgan fingerprint density at radius 3 is 2.59 bits per heavy atom. The number of carbonyl (C=O) groups excluding carboxylic acids is 1. The summed E-state index contributed by atoms with van der Waals surface area (Å²) >= 11 is 0. The number of benzene rings is 1. The van der Waals surface area contributed by atoms with Gasteiger partial charge < -0.3 is 10.1 Å². The van der Waals surface area contributed by atoms with E-state index in [2.05, 4.69) is 15.0 Å². The van der Waals surface area contributed by atoms with Crippen LogP contribution in [0.1, 0.15) is 22.8 Å². The van der Waals surface area contributed by atoms with Gasteiger partial charge in [-0.05, 0) is 24.1 Å². The average Bonchev–Trinajstić information content (AvgIpc) is 2.55. The second kappa shape index (κ2) is 6.66. The summed E-state index contributed by atoms with van der Waals surface area (Å²) < 4.78 is 4.53. The normalized spacial score (nSPS) is 10.1. The maximum Gasteiger partial charge on any atom is 0.339 e. The molecule has 0 saturated carbocycles. The molecule has 22 heavy (non-hydrogen) atoms. The van der Waals surface area contributed by atoms with Crippen molar-refractivity contribution in [1.29, 1.82) is 0 Å². The molecule has 0 bridgehead atoms. The fourth-order valence-corrected chi connectivity index (χ4v) is 1.88. The summed E-state index contributed by atoms with van der Waals surface area (Å²) in [6.45, 7) is 2.04. The van der Waals surface area contributed by atoms with Gasteiger partial charge in [-0.2, -0.15) is 0 Å². The van der Waals surface area contributed by atoms with Gasteiger partial charge >= 0.3 is 11.7 Å². The lowest BCUT2D eigenvalue weighted by atomic mass is 10.1. The molecule has 7 nitrogen and oxygen atoms in total. The third-order valence-electron chi connectivity index (χ3n) is 3.11. The lowest BCUT2D eigenvalue weighted by Crippen LogP contribution is -2.06. The second-order valence-electron chi connectivity index (χ2n) is 4.52. The SMILES string of the molecule is CCc1ccc(Nc2ncc(C(=O)OC)cc2[N+](=O)[O-])cc1. The second-order valence-corrected chi connectivity index (χ2v) is 4.52. The molecular formula is C15H15N3O4. The monoisotopic (exact) mass is 301 g/mol. The third-order valence-corrected chi connectivity index (χ3v) is 3.11. The number of nitrogens with zero attached hydrogens (tertiary/aromatic N) is 2. The zero-order chi connectivity index (χ0) is 16.1. The number of hydrogen-bond acceptors (Lipinski definition) is 6. The van der Waals surface area contributed by atoms with Crippen LogP contribution in [0, 0.1) is 10.1 Å². The van der Waals surface area contributed by atoms with Crippen LogP contribution in [-0.4, -0.2) is 23.0 Å². The van der Waals surface area contributed by atoms with Gasteiger partial charge in [0, 0.05) is 18.0 Å². The number of hydrogen-bond donors (Lipinski definition) is 1. The number of pyridine rings is 1. The lowest BCUT2D eigenvalue weighted by molar-refractivity contribution is -0.384. The minimum atomic E-state index is -0.672. The van der Waals surface area contributed by atoms with E-state index in [0.29, 0.717) is 5.69 Å². The summed E-state index contributed by atoms with van der Waals surface area (Å²) in [5.74, 6) is -0.601. The number of ether oxygens (including phenoxy) is 1. The molecule has 1 N–H and O–H groups in total. The molecule has 114 valence electrons. The fourth-order valence-electron chi connectivity index (χ4n) is 1.88. The molecule has 1 aromatic heterocycles. The van der Waals surface area contributed by atoms with Crippen LogP contribution in [-0.2, 0) is 11.2 Å². The molecule has 0 aliphatic carbocycles. The van der Waals surface area contributed by atoms with Gasteiger partial charge in [-0.1, -0.05) is 19.1 Å². The minimum absolute atomic E-state index is 0.0288. The van der Waals surface area contributed by atoms with Crippen LogP contribution in [0.4, 0.5) is 17.2 Å². The number of methoxy groups -OCH3 is 1. The van der Waals surface area contributed by atoms with E-state index in [4.69, 9.17) is 0 Å². The molecular weight excluding hydrogens is 286 g/mol. The van der Waals surface area contributed by atoms with Gasteiger partial charge in [-0.3, -0.25) is 10.1 Å². The van der Waals surface area contributed by atoms with Crippen molar-refractivity contribution in [3.05, 3.63) is 57.8 Å². The van der Waals surface area contributed by atoms with Crippen LogP contribution in [0.5, 0.6) is 0 Å². The highest BCUT2D eigenvalue weighted by Crippen LogP contribution is 2.26. The Kier molecular flexibility index (Phi) is 4.67. The van der Waals surface area contributed by atoms with Crippen molar-refractivity contribution in [2.45, 2.75) is 13.3 Å². The number of rotatable bonds is 5. The largest absolute Gasteiger partial charge is 0.465 e. The van der Waals surface area contributed by atoms with E-state index in [-0.39, 0.29) is 17.1 Å². The third kappa shape index (κ3) is 3.38. The standard InChI is InChI=1S/C15H15N3O4/c1-3-10-4-6-12(7-5-10)17-14-13(18(20)21)8-11(9-16-14)15(19)22-2/h4-9H,3H2,1-2H3,(H,16,17). The van der Waals surface area contributed by atoms with Gasteiger partial charge in [0.05, 0.1) is 17.6 Å². The van der Waals surface area contributed by atoms with Gasteiger partial charge in [0.2, 0.25) is 5.82 Å².